The Morgan fingerprint density at radius 3 is 3.06 bits per heavy atom. The van der Waals surface area contributed by atoms with Gasteiger partial charge in [0.05, 0.1) is 19.2 Å². The number of halogens is 1. The molecule has 1 saturated carbocycles. The largest absolute Gasteiger partial charge is 0.481 e. The second-order valence-corrected chi connectivity index (χ2v) is 4.59. The summed E-state index contributed by atoms with van der Waals surface area (Å²) in [6.45, 7) is 0. The Labute approximate surface area is 109 Å². The van der Waals surface area contributed by atoms with E-state index in [4.69, 9.17) is 21.4 Å². The molecule has 0 spiro atoms. The van der Waals surface area contributed by atoms with E-state index >= 15 is 0 Å². The molecule has 2 unspecified atom stereocenters. The molecule has 1 aliphatic carbocycles. The number of nitrogens with zero attached hydrogens (tertiary/aromatic N) is 2. The fourth-order valence-corrected chi connectivity index (χ4v) is 2.30. The lowest BCUT2D eigenvalue weighted by Crippen LogP contribution is -2.30. The van der Waals surface area contributed by atoms with Crippen molar-refractivity contribution in [1.29, 1.82) is 0 Å². The van der Waals surface area contributed by atoms with Gasteiger partial charge in [-0.05, 0) is 12.8 Å². The summed E-state index contributed by atoms with van der Waals surface area (Å²) in [6.07, 6.45) is 3.78. The molecule has 0 saturated heterocycles. The van der Waals surface area contributed by atoms with Gasteiger partial charge in [0, 0.05) is 6.04 Å². The van der Waals surface area contributed by atoms with Crippen molar-refractivity contribution in [1.82, 2.24) is 9.97 Å². The normalized spacial score (nSPS) is 22.8. The Hall–Kier alpha value is -1.56. The molecule has 98 valence electrons. The summed E-state index contributed by atoms with van der Waals surface area (Å²) in [5.41, 5.74) is 0. The fourth-order valence-electron chi connectivity index (χ4n) is 2.15. The molecule has 2 rings (SSSR count). The Morgan fingerprint density at radius 2 is 2.39 bits per heavy atom. The standard InChI is InChI=1S/C11H14ClN3O3/c1-18-11-13-5-7(12)9(15-11)14-8-4-2-3-6(8)10(16)17/h5-6,8H,2-4H2,1H3,(H,16,17)(H,13,14,15). The van der Waals surface area contributed by atoms with Gasteiger partial charge in [-0.3, -0.25) is 4.79 Å². The highest BCUT2D eigenvalue weighted by Gasteiger charge is 2.33. The van der Waals surface area contributed by atoms with E-state index in [1.165, 1.54) is 13.3 Å². The van der Waals surface area contributed by atoms with Crippen LogP contribution in [0, 0.1) is 5.92 Å². The second kappa shape index (κ2) is 5.39. The first-order chi connectivity index (χ1) is 8.61. The number of carboxylic acids is 1. The fraction of sp³-hybridized carbons (Fsp3) is 0.545. The van der Waals surface area contributed by atoms with Crippen LogP contribution in [0.3, 0.4) is 0 Å². The van der Waals surface area contributed by atoms with Crippen LogP contribution in [0.25, 0.3) is 0 Å². The van der Waals surface area contributed by atoms with Gasteiger partial charge in [0.25, 0.3) is 0 Å². The van der Waals surface area contributed by atoms with Crippen LogP contribution in [-0.4, -0.2) is 34.2 Å². The predicted molar refractivity (Wildman–Crippen MR) is 66.0 cm³/mol. The van der Waals surface area contributed by atoms with Gasteiger partial charge in [-0.25, -0.2) is 4.98 Å². The maximum absolute atomic E-state index is 11.1. The first-order valence-electron chi connectivity index (χ1n) is 5.67. The number of methoxy groups -OCH3 is 1. The lowest BCUT2D eigenvalue weighted by molar-refractivity contribution is -0.141. The van der Waals surface area contributed by atoms with E-state index < -0.39 is 11.9 Å². The molecule has 1 aromatic rings. The van der Waals surface area contributed by atoms with Crippen molar-refractivity contribution in [3.63, 3.8) is 0 Å². The third-order valence-corrected chi connectivity index (χ3v) is 3.34. The maximum atomic E-state index is 11.1. The highest BCUT2D eigenvalue weighted by Crippen LogP contribution is 2.30. The third-order valence-electron chi connectivity index (χ3n) is 3.06. The van der Waals surface area contributed by atoms with E-state index in [1.54, 1.807) is 0 Å². The predicted octanol–water partition coefficient (Wildman–Crippen LogP) is 1.80. The summed E-state index contributed by atoms with van der Waals surface area (Å²) < 4.78 is 4.91. The van der Waals surface area contributed by atoms with Crippen molar-refractivity contribution < 1.29 is 14.6 Å². The molecule has 0 aromatic carbocycles. The number of anilines is 1. The van der Waals surface area contributed by atoms with Crippen LogP contribution in [-0.2, 0) is 4.79 Å². The van der Waals surface area contributed by atoms with Crippen LogP contribution in [0.2, 0.25) is 5.02 Å². The summed E-state index contributed by atoms with van der Waals surface area (Å²) in [7, 11) is 1.46. The van der Waals surface area contributed by atoms with E-state index in [0.717, 1.165) is 12.8 Å². The van der Waals surface area contributed by atoms with E-state index in [9.17, 15) is 4.79 Å². The number of aliphatic carboxylic acids is 1. The van der Waals surface area contributed by atoms with Crippen LogP contribution < -0.4 is 10.1 Å². The summed E-state index contributed by atoms with van der Waals surface area (Å²) in [5, 5.41) is 12.5. The van der Waals surface area contributed by atoms with Crippen LogP contribution in [0.4, 0.5) is 5.82 Å². The molecule has 0 aliphatic heterocycles. The lowest BCUT2D eigenvalue weighted by atomic mass is 10.0. The SMILES string of the molecule is COc1ncc(Cl)c(NC2CCCC2C(=O)O)n1. The van der Waals surface area contributed by atoms with Crippen molar-refractivity contribution in [2.45, 2.75) is 25.3 Å². The zero-order chi connectivity index (χ0) is 13.1. The van der Waals surface area contributed by atoms with Gasteiger partial charge in [-0.15, -0.1) is 0 Å². The van der Waals surface area contributed by atoms with Gasteiger partial charge < -0.3 is 15.2 Å². The molecule has 1 heterocycles. The molecule has 2 N–H and O–H groups in total. The molecule has 1 fully saturated rings. The van der Waals surface area contributed by atoms with Crippen LogP contribution >= 0.6 is 11.6 Å². The van der Waals surface area contributed by atoms with Crippen molar-refractivity contribution in [2.24, 2.45) is 5.92 Å². The number of hydrogen-bond donors (Lipinski definition) is 2. The average Bonchev–Trinajstić information content (AvgIpc) is 2.80. The number of hydrogen-bond acceptors (Lipinski definition) is 5. The first kappa shape index (κ1) is 12.9. The number of aromatic nitrogens is 2. The summed E-state index contributed by atoms with van der Waals surface area (Å²) in [5.74, 6) is -0.772. The Morgan fingerprint density at radius 1 is 1.61 bits per heavy atom. The first-order valence-corrected chi connectivity index (χ1v) is 6.05. The molecule has 1 aliphatic rings. The maximum Gasteiger partial charge on any atom is 0.318 e. The highest BCUT2D eigenvalue weighted by atomic mass is 35.5. The molecule has 0 bridgehead atoms. The minimum absolute atomic E-state index is 0.153. The molecule has 7 heteroatoms. The summed E-state index contributed by atoms with van der Waals surface area (Å²) in [6, 6.07) is 0.0476. The van der Waals surface area contributed by atoms with Gasteiger partial charge in [-0.1, -0.05) is 18.0 Å². The zero-order valence-corrected chi connectivity index (χ0v) is 10.6. The monoisotopic (exact) mass is 271 g/mol. The summed E-state index contributed by atoms with van der Waals surface area (Å²) >= 11 is 5.97. The van der Waals surface area contributed by atoms with Crippen molar-refractivity contribution in [3.05, 3.63) is 11.2 Å². The summed E-state index contributed by atoms with van der Waals surface area (Å²) in [4.78, 5) is 19.0. The highest BCUT2D eigenvalue weighted by molar-refractivity contribution is 6.32. The number of carbonyl (C=O) groups is 1. The number of rotatable bonds is 4. The Balaban J connectivity index is 2.15. The van der Waals surface area contributed by atoms with Crippen LogP contribution in [0.15, 0.2) is 6.20 Å². The number of carboxylic acid groups (broad SMARTS) is 1. The zero-order valence-electron chi connectivity index (χ0n) is 9.89. The molecule has 6 nitrogen and oxygen atoms in total. The third kappa shape index (κ3) is 2.64. The average molecular weight is 272 g/mol. The van der Waals surface area contributed by atoms with E-state index in [-0.39, 0.29) is 12.1 Å². The molecule has 2 atom stereocenters. The topological polar surface area (TPSA) is 84.3 Å². The Bertz CT molecular complexity index is 455. The van der Waals surface area contributed by atoms with Gasteiger partial charge in [-0.2, -0.15) is 4.98 Å². The molecule has 18 heavy (non-hydrogen) atoms. The molecular weight excluding hydrogens is 258 g/mol. The van der Waals surface area contributed by atoms with Crippen molar-refractivity contribution in [2.75, 3.05) is 12.4 Å². The minimum atomic E-state index is -0.790. The molecule has 0 radical (unpaired) electrons. The second-order valence-electron chi connectivity index (χ2n) is 4.18. The van der Waals surface area contributed by atoms with Crippen LogP contribution in [0.1, 0.15) is 19.3 Å². The quantitative estimate of drug-likeness (QED) is 0.869. The molecular formula is C11H14ClN3O3. The van der Waals surface area contributed by atoms with Crippen molar-refractivity contribution in [3.8, 4) is 6.01 Å². The lowest BCUT2D eigenvalue weighted by Gasteiger charge is -2.18. The van der Waals surface area contributed by atoms with Gasteiger partial charge in [0.15, 0.2) is 5.82 Å². The van der Waals surface area contributed by atoms with Crippen molar-refractivity contribution >= 4 is 23.4 Å². The number of nitrogens with one attached hydrogen (secondary N) is 1. The van der Waals surface area contributed by atoms with Gasteiger partial charge in [0.2, 0.25) is 0 Å². The van der Waals surface area contributed by atoms with Gasteiger partial charge in [0.1, 0.15) is 5.02 Å². The van der Waals surface area contributed by atoms with E-state index in [1.807, 2.05) is 0 Å². The van der Waals surface area contributed by atoms with E-state index in [2.05, 4.69) is 15.3 Å². The van der Waals surface area contributed by atoms with Gasteiger partial charge >= 0.3 is 12.0 Å². The number of ether oxygens (including phenoxy) is 1. The Kier molecular flexibility index (Phi) is 3.86. The van der Waals surface area contributed by atoms with E-state index in [0.29, 0.717) is 17.3 Å². The minimum Gasteiger partial charge on any atom is -0.481 e. The molecule has 0 amide bonds. The smallest absolute Gasteiger partial charge is 0.318 e. The molecule has 1 aromatic heterocycles. The van der Waals surface area contributed by atoms with Crippen LogP contribution in [0.5, 0.6) is 6.01 Å².